The molecule has 2 unspecified atom stereocenters. The molecule has 0 aliphatic carbocycles. The Morgan fingerprint density at radius 2 is 2.20 bits per heavy atom. The van der Waals surface area contributed by atoms with Gasteiger partial charge < -0.3 is 15.0 Å². The van der Waals surface area contributed by atoms with E-state index in [1.165, 1.54) is 0 Å². The van der Waals surface area contributed by atoms with Crippen molar-refractivity contribution in [3.63, 3.8) is 0 Å². The average molecular weight is 481 g/mol. The second kappa shape index (κ2) is 11.2. The standard InChI is InChI=1S/C18H29ClN4O.HI/c1-14(23-9-10-24-13-15(23)2)11-21-18(20-3)22(4)12-16-7-5-6-8-17(16)19;/h5-8,14-15H,9-13H2,1-4H3,(H,20,21);1H. The number of guanidine groups is 1. The van der Waals surface area contributed by atoms with E-state index in [0.29, 0.717) is 12.1 Å². The molecular formula is C18H30ClIN4O. The molecule has 1 aromatic rings. The van der Waals surface area contributed by atoms with Gasteiger partial charge in [0.2, 0.25) is 0 Å². The largest absolute Gasteiger partial charge is 0.379 e. The number of hydrogen-bond acceptors (Lipinski definition) is 3. The van der Waals surface area contributed by atoms with Gasteiger partial charge in [-0.2, -0.15) is 0 Å². The molecule has 1 saturated heterocycles. The van der Waals surface area contributed by atoms with E-state index in [2.05, 4.69) is 34.0 Å². The van der Waals surface area contributed by atoms with Gasteiger partial charge in [0.05, 0.1) is 13.2 Å². The summed E-state index contributed by atoms with van der Waals surface area (Å²) in [6, 6.07) is 8.80. The minimum atomic E-state index is 0. The molecule has 0 spiro atoms. The monoisotopic (exact) mass is 480 g/mol. The molecule has 0 radical (unpaired) electrons. The summed E-state index contributed by atoms with van der Waals surface area (Å²) in [5.74, 6) is 0.877. The van der Waals surface area contributed by atoms with E-state index in [0.717, 1.165) is 49.4 Å². The summed E-state index contributed by atoms with van der Waals surface area (Å²) in [4.78, 5) is 8.97. The van der Waals surface area contributed by atoms with E-state index in [4.69, 9.17) is 16.3 Å². The fraction of sp³-hybridized carbons (Fsp3) is 0.611. The Labute approximate surface area is 173 Å². The fourth-order valence-corrected chi connectivity index (χ4v) is 3.29. The smallest absolute Gasteiger partial charge is 0.193 e. The van der Waals surface area contributed by atoms with E-state index in [9.17, 15) is 0 Å². The molecule has 0 amide bonds. The van der Waals surface area contributed by atoms with Crippen molar-refractivity contribution in [3.05, 3.63) is 34.9 Å². The Morgan fingerprint density at radius 3 is 2.84 bits per heavy atom. The van der Waals surface area contributed by atoms with E-state index in [1.54, 1.807) is 0 Å². The van der Waals surface area contributed by atoms with Gasteiger partial charge in [0.15, 0.2) is 5.96 Å². The van der Waals surface area contributed by atoms with Gasteiger partial charge in [-0.15, -0.1) is 24.0 Å². The van der Waals surface area contributed by atoms with Crippen molar-refractivity contribution in [2.45, 2.75) is 32.5 Å². The summed E-state index contributed by atoms with van der Waals surface area (Å²) in [5.41, 5.74) is 1.10. The number of ether oxygens (including phenoxy) is 1. The lowest BCUT2D eigenvalue weighted by Gasteiger charge is -2.38. The van der Waals surface area contributed by atoms with Gasteiger partial charge in [-0.3, -0.25) is 9.89 Å². The number of nitrogens with zero attached hydrogens (tertiary/aromatic N) is 3. The van der Waals surface area contributed by atoms with E-state index in [-0.39, 0.29) is 24.0 Å². The van der Waals surface area contributed by atoms with Crippen molar-refractivity contribution in [2.75, 3.05) is 40.4 Å². The van der Waals surface area contributed by atoms with Crippen LogP contribution in [-0.2, 0) is 11.3 Å². The maximum Gasteiger partial charge on any atom is 0.193 e. The first kappa shape index (κ1) is 22.5. The lowest BCUT2D eigenvalue weighted by atomic mass is 10.2. The number of hydrogen-bond donors (Lipinski definition) is 1. The summed E-state index contributed by atoms with van der Waals surface area (Å²) in [7, 11) is 3.84. The Bertz CT molecular complexity index is 558. The minimum Gasteiger partial charge on any atom is -0.379 e. The maximum atomic E-state index is 6.26. The van der Waals surface area contributed by atoms with Crippen LogP contribution in [0.1, 0.15) is 19.4 Å². The van der Waals surface area contributed by atoms with Gasteiger partial charge in [0.25, 0.3) is 0 Å². The van der Waals surface area contributed by atoms with Gasteiger partial charge >= 0.3 is 0 Å². The van der Waals surface area contributed by atoms with Crippen LogP contribution in [0, 0.1) is 0 Å². The van der Waals surface area contributed by atoms with Crippen molar-refractivity contribution in [3.8, 4) is 0 Å². The van der Waals surface area contributed by atoms with Gasteiger partial charge in [-0.05, 0) is 25.5 Å². The summed E-state index contributed by atoms with van der Waals surface area (Å²) in [5, 5.41) is 4.26. The van der Waals surface area contributed by atoms with Crippen LogP contribution in [-0.4, -0.2) is 68.2 Å². The topological polar surface area (TPSA) is 40.1 Å². The maximum absolute atomic E-state index is 6.26. The van der Waals surface area contributed by atoms with Crippen molar-refractivity contribution in [1.82, 2.24) is 15.1 Å². The van der Waals surface area contributed by atoms with Gasteiger partial charge in [-0.25, -0.2) is 0 Å². The number of rotatable bonds is 5. The lowest BCUT2D eigenvalue weighted by Crippen LogP contribution is -2.53. The van der Waals surface area contributed by atoms with Gasteiger partial charge in [-0.1, -0.05) is 29.8 Å². The Hall–Kier alpha value is -0.570. The lowest BCUT2D eigenvalue weighted by molar-refractivity contribution is -0.0175. The minimum absolute atomic E-state index is 0. The van der Waals surface area contributed by atoms with Crippen molar-refractivity contribution >= 4 is 41.5 Å². The number of nitrogens with one attached hydrogen (secondary N) is 1. The van der Waals surface area contributed by atoms with Crippen LogP contribution in [0.2, 0.25) is 5.02 Å². The highest BCUT2D eigenvalue weighted by Crippen LogP contribution is 2.16. The van der Waals surface area contributed by atoms with Crippen molar-refractivity contribution < 1.29 is 4.74 Å². The number of aliphatic imine (C=N–C) groups is 1. The molecule has 1 heterocycles. The highest BCUT2D eigenvalue weighted by Gasteiger charge is 2.23. The third kappa shape index (κ3) is 6.58. The highest BCUT2D eigenvalue weighted by atomic mass is 127. The van der Waals surface area contributed by atoms with Gasteiger partial charge in [0.1, 0.15) is 0 Å². The molecule has 0 saturated carbocycles. The summed E-state index contributed by atoms with van der Waals surface area (Å²) in [6.07, 6.45) is 0. The zero-order valence-electron chi connectivity index (χ0n) is 15.5. The molecular weight excluding hydrogens is 451 g/mol. The summed E-state index contributed by atoms with van der Waals surface area (Å²) in [6.45, 7) is 8.65. The first-order valence-electron chi connectivity index (χ1n) is 8.51. The zero-order valence-corrected chi connectivity index (χ0v) is 18.6. The predicted octanol–water partition coefficient (Wildman–Crippen LogP) is 3.07. The van der Waals surface area contributed by atoms with E-state index >= 15 is 0 Å². The van der Waals surface area contributed by atoms with Crippen LogP contribution in [0.4, 0.5) is 0 Å². The molecule has 1 fully saturated rings. The molecule has 2 atom stereocenters. The quantitative estimate of drug-likeness (QED) is 0.399. The Kier molecular flexibility index (Phi) is 10.1. The number of benzene rings is 1. The summed E-state index contributed by atoms with van der Waals surface area (Å²) >= 11 is 6.26. The average Bonchev–Trinajstić information content (AvgIpc) is 2.57. The normalized spacial score (nSPS) is 19.9. The van der Waals surface area contributed by atoms with E-state index < -0.39 is 0 Å². The van der Waals surface area contributed by atoms with Crippen LogP contribution >= 0.6 is 35.6 Å². The molecule has 0 bridgehead atoms. The number of morpholine rings is 1. The predicted molar refractivity (Wildman–Crippen MR) is 116 cm³/mol. The Morgan fingerprint density at radius 1 is 1.48 bits per heavy atom. The molecule has 0 aromatic heterocycles. The van der Waals surface area contributed by atoms with Crippen LogP contribution in [0.25, 0.3) is 0 Å². The Balaban J connectivity index is 0.00000312. The van der Waals surface area contributed by atoms with Crippen LogP contribution < -0.4 is 5.32 Å². The molecule has 7 heteroatoms. The molecule has 1 aliphatic heterocycles. The highest BCUT2D eigenvalue weighted by molar-refractivity contribution is 14.0. The molecule has 25 heavy (non-hydrogen) atoms. The van der Waals surface area contributed by atoms with Gasteiger partial charge in [0, 0.05) is 50.8 Å². The molecule has 1 aromatic carbocycles. The summed E-state index contributed by atoms with van der Waals surface area (Å²) < 4.78 is 5.52. The molecule has 1 aliphatic rings. The zero-order chi connectivity index (χ0) is 17.5. The first-order valence-corrected chi connectivity index (χ1v) is 8.89. The second-order valence-corrected chi connectivity index (χ2v) is 6.79. The second-order valence-electron chi connectivity index (χ2n) is 6.39. The van der Waals surface area contributed by atoms with Crippen molar-refractivity contribution in [2.24, 2.45) is 4.99 Å². The first-order chi connectivity index (χ1) is 11.5. The molecule has 2 rings (SSSR count). The third-order valence-corrected chi connectivity index (χ3v) is 4.85. The number of halogens is 2. The molecule has 1 N–H and O–H groups in total. The SMILES string of the molecule is CN=C(NCC(C)N1CCOCC1C)N(C)Cc1ccccc1Cl.I. The van der Waals surface area contributed by atoms with Crippen molar-refractivity contribution in [1.29, 1.82) is 0 Å². The third-order valence-electron chi connectivity index (χ3n) is 4.48. The van der Waals surface area contributed by atoms with Crippen LogP contribution in [0.3, 0.4) is 0 Å². The molecule has 142 valence electrons. The van der Waals surface area contributed by atoms with Crippen LogP contribution in [0.5, 0.6) is 0 Å². The van der Waals surface area contributed by atoms with Crippen LogP contribution in [0.15, 0.2) is 29.3 Å². The van der Waals surface area contributed by atoms with E-state index in [1.807, 2.05) is 38.4 Å². The molecule has 5 nitrogen and oxygen atoms in total. The fourth-order valence-electron chi connectivity index (χ4n) is 3.09.